The van der Waals surface area contributed by atoms with Gasteiger partial charge in [0.1, 0.15) is 11.9 Å². The van der Waals surface area contributed by atoms with E-state index >= 15 is 0 Å². The maximum Gasteiger partial charge on any atom is 0.247 e. The summed E-state index contributed by atoms with van der Waals surface area (Å²) >= 11 is 0. The van der Waals surface area contributed by atoms with Gasteiger partial charge in [-0.3, -0.25) is 9.69 Å². The maximum absolute atomic E-state index is 11.1. The van der Waals surface area contributed by atoms with Gasteiger partial charge in [-0.15, -0.1) is 0 Å². The van der Waals surface area contributed by atoms with Gasteiger partial charge in [0.05, 0.1) is 12.6 Å². The SMILES string of the molecule is C[C@@H]1CN(Cc2ncc[nH]2)C[C@H](C(N)=O)O1. The molecule has 0 radical (unpaired) electrons. The van der Waals surface area contributed by atoms with Crippen molar-refractivity contribution in [2.45, 2.75) is 25.7 Å². The quantitative estimate of drug-likeness (QED) is 0.724. The number of nitrogens with zero attached hydrogens (tertiary/aromatic N) is 2. The van der Waals surface area contributed by atoms with Gasteiger partial charge in [0.2, 0.25) is 5.91 Å². The van der Waals surface area contributed by atoms with Crippen LogP contribution in [0.3, 0.4) is 0 Å². The van der Waals surface area contributed by atoms with Gasteiger partial charge >= 0.3 is 0 Å². The number of carbonyl (C=O) groups excluding carboxylic acids is 1. The van der Waals surface area contributed by atoms with E-state index in [1.165, 1.54) is 0 Å². The second-order valence-corrected chi connectivity index (χ2v) is 4.07. The number of rotatable bonds is 3. The summed E-state index contributed by atoms with van der Waals surface area (Å²) in [7, 11) is 0. The summed E-state index contributed by atoms with van der Waals surface area (Å²) in [5, 5.41) is 0. The van der Waals surface area contributed by atoms with Crippen LogP contribution in [0.25, 0.3) is 0 Å². The molecule has 2 rings (SSSR count). The normalized spacial score (nSPS) is 26.8. The van der Waals surface area contributed by atoms with Crippen LogP contribution in [0, 0.1) is 0 Å². The van der Waals surface area contributed by atoms with E-state index < -0.39 is 12.0 Å². The van der Waals surface area contributed by atoms with Crippen LogP contribution in [-0.4, -0.2) is 46.1 Å². The van der Waals surface area contributed by atoms with Gasteiger partial charge in [-0.05, 0) is 6.92 Å². The molecule has 1 aliphatic heterocycles. The van der Waals surface area contributed by atoms with Gasteiger partial charge in [0.25, 0.3) is 0 Å². The van der Waals surface area contributed by atoms with Gasteiger partial charge in [-0.2, -0.15) is 0 Å². The Morgan fingerprint density at radius 2 is 2.56 bits per heavy atom. The Kier molecular flexibility index (Phi) is 3.21. The first-order valence-electron chi connectivity index (χ1n) is 5.30. The molecule has 6 nitrogen and oxygen atoms in total. The van der Waals surface area contributed by atoms with E-state index in [-0.39, 0.29) is 6.10 Å². The molecule has 2 heterocycles. The Balaban J connectivity index is 1.97. The van der Waals surface area contributed by atoms with Crippen LogP contribution >= 0.6 is 0 Å². The zero-order valence-corrected chi connectivity index (χ0v) is 9.22. The standard InChI is InChI=1S/C10H16N4O2/c1-7-4-14(5-8(16-7)10(11)15)6-9-12-2-3-13-9/h2-3,7-8H,4-6H2,1H3,(H2,11,15)(H,12,13)/t7-,8-/m1/s1. The largest absolute Gasteiger partial charge is 0.367 e. The van der Waals surface area contributed by atoms with Crippen LogP contribution in [0.1, 0.15) is 12.7 Å². The Bertz CT molecular complexity index is 352. The lowest BCUT2D eigenvalue weighted by Gasteiger charge is -2.34. The van der Waals surface area contributed by atoms with Crippen LogP contribution in [0.15, 0.2) is 12.4 Å². The van der Waals surface area contributed by atoms with Crippen molar-refractivity contribution in [2.75, 3.05) is 13.1 Å². The first-order valence-corrected chi connectivity index (χ1v) is 5.30. The minimum atomic E-state index is -0.515. The molecule has 2 atom stereocenters. The summed E-state index contributed by atoms with van der Waals surface area (Å²) in [6.07, 6.45) is 3.00. The number of hydrogen-bond acceptors (Lipinski definition) is 4. The first kappa shape index (κ1) is 11.1. The number of amides is 1. The van der Waals surface area contributed by atoms with E-state index in [1.807, 2.05) is 6.92 Å². The fraction of sp³-hybridized carbons (Fsp3) is 0.600. The number of primary amides is 1. The second-order valence-electron chi connectivity index (χ2n) is 4.07. The molecular weight excluding hydrogens is 208 g/mol. The molecule has 0 aromatic carbocycles. The average Bonchev–Trinajstić information content (AvgIpc) is 2.69. The third-order valence-electron chi connectivity index (χ3n) is 2.58. The first-order chi connectivity index (χ1) is 7.65. The van der Waals surface area contributed by atoms with E-state index in [9.17, 15) is 4.79 Å². The number of nitrogens with two attached hydrogens (primary N) is 1. The van der Waals surface area contributed by atoms with Gasteiger partial charge in [0.15, 0.2) is 0 Å². The molecule has 88 valence electrons. The van der Waals surface area contributed by atoms with E-state index in [1.54, 1.807) is 12.4 Å². The monoisotopic (exact) mass is 224 g/mol. The van der Waals surface area contributed by atoms with E-state index in [4.69, 9.17) is 10.5 Å². The Labute approximate surface area is 93.8 Å². The summed E-state index contributed by atoms with van der Waals surface area (Å²) in [4.78, 5) is 20.4. The fourth-order valence-electron chi connectivity index (χ4n) is 1.92. The number of hydrogen-bond donors (Lipinski definition) is 2. The molecule has 6 heteroatoms. The smallest absolute Gasteiger partial charge is 0.247 e. The lowest BCUT2D eigenvalue weighted by molar-refractivity contribution is -0.142. The number of carbonyl (C=O) groups is 1. The van der Waals surface area contributed by atoms with Crippen molar-refractivity contribution in [1.82, 2.24) is 14.9 Å². The number of H-pyrrole nitrogens is 1. The molecule has 1 aliphatic rings. The van der Waals surface area contributed by atoms with Gasteiger partial charge < -0.3 is 15.5 Å². The molecule has 16 heavy (non-hydrogen) atoms. The molecule has 0 bridgehead atoms. The molecule has 0 saturated carbocycles. The van der Waals surface area contributed by atoms with Crippen LogP contribution in [0.5, 0.6) is 0 Å². The zero-order valence-electron chi connectivity index (χ0n) is 9.22. The van der Waals surface area contributed by atoms with Gasteiger partial charge in [-0.1, -0.05) is 0 Å². The Morgan fingerprint density at radius 1 is 1.75 bits per heavy atom. The van der Waals surface area contributed by atoms with Crippen LogP contribution in [0.2, 0.25) is 0 Å². The summed E-state index contributed by atoms with van der Waals surface area (Å²) in [5.41, 5.74) is 5.25. The fourth-order valence-corrected chi connectivity index (χ4v) is 1.92. The molecule has 0 aliphatic carbocycles. The molecule has 1 fully saturated rings. The molecule has 1 aromatic heterocycles. The second kappa shape index (κ2) is 4.63. The summed E-state index contributed by atoms with van der Waals surface area (Å²) in [6.45, 7) is 3.93. The van der Waals surface area contributed by atoms with Crippen molar-refractivity contribution >= 4 is 5.91 Å². The van der Waals surface area contributed by atoms with Crippen LogP contribution in [-0.2, 0) is 16.1 Å². The number of imidazole rings is 1. The van der Waals surface area contributed by atoms with E-state index in [0.29, 0.717) is 13.1 Å². The van der Waals surface area contributed by atoms with Crippen molar-refractivity contribution in [3.8, 4) is 0 Å². The zero-order chi connectivity index (χ0) is 11.5. The molecule has 0 spiro atoms. The molecule has 1 aromatic rings. The number of morpholine rings is 1. The summed E-state index contributed by atoms with van der Waals surface area (Å²) < 4.78 is 5.45. The molecule has 1 amide bonds. The molecule has 3 N–H and O–H groups in total. The topological polar surface area (TPSA) is 84.2 Å². The Morgan fingerprint density at radius 3 is 3.19 bits per heavy atom. The number of aromatic nitrogens is 2. The average molecular weight is 224 g/mol. The lowest BCUT2D eigenvalue weighted by Crippen LogP contribution is -2.51. The van der Waals surface area contributed by atoms with Crippen LogP contribution in [0.4, 0.5) is 0 Å². The third-order valence-corrected chi connectivity index (χ3v) is 2.58. The van der Waals surface area contributed by atoms with Gasteiger partial charge in [-0.25, -0.2) is 4.98 Å². The Hall–Kier alpha value is -1.40. The van der Waals surface area contributed by atoms with Gasteiger partial charge in [0, 0.05) is 25.5 Å². The third kappa shape index (κ3) is 2.59. The number of nitrogens with one attached hydrogen (secondary N) is 1. The minimum absolute atomic E-state index is 0.0150. The molecular formula is C10H16N4O2. The van der Waals surface area contributed by atoms with Crippen molar-refractivity contribution in [3.63, 3.8) is 0 Å². The van der Waals surface area contributed by atoms with E-state index in [2.05, 4.69) is 14.9 Å². The van der Waals surface area contributed by atoms with Crippen molar-refractivity contribution < 1.29 is 9.53 Å². The lowest BCUT2D eigenvalue weighted by atomic mass is 10.2. The van der Waals surface area contributed by atoms with Crippen molar-refractivity contribution in [3.05, 3.63) is 18.2 Å². The highest BCUT2D eigenvalue weighted by Crippen LogP contribution is 2.12. The van der Waals surface area contributed by atoms with E-state index in [0.717, 1.165) is 12.4 Å². The maximum atomic E-state index is 11.1. The highest BCUT2D eigenvalue weighted by Gasteiger charge is 2.28. The summed E-state index contributed by atoms with van der Waals surface area (Å²) in [6, 6.07) is 0. The highest BCUT2D eigenvalue weighted by molar-refractivity contribution is 5.79. The number of aromatic amines is 1. The molecule has 1 saturated heterocycles. The van der Waals surface area contributed by atoms with Crippen molar-refractivity contribution in [2.24, 2.45) is 5.73 Å². The predicted molar refractivity (Wildman–Crippen MR) is 57.4 cm³/mol. The number of ether oxygens (including phenoxy) is 1. The summed E-state index contributed by atoms with van der Waals surface area (Å²) in [5.74, 6) is 0.480. The van der Waals surface area contributed by atoms with Crippen molar-refractivity contribution in [1.29, 1.82) is 0 Å². The minimum Gasteiger partial charge on any atom is -0.367 e. The van der Waals surface area contributed by atoms with Crippen LogP contribution < -0.4 is 5.73 Å². The highest BCUT2D eigenvalue weighted by atomic mass is 16.5. The predicted octanol–water partition coefficient (Wildman–Crippen LogP) is -0.516. The molecule has 0 unspecified atom stereocenters.